The number of para-hydroxylation sites is 2. The molecular weight excluding hydrogens is 352 g/mol. The second kappa shape index (κ2) is 7.76. The van der Waals surface area contributed by atoms with Crippen LogP contribution < -0.4 is 9.64 Å². The molecule has 1 atom stereocenters. The van der Waals surface area contributed by atoms with Crippen LogP contribution in [-0.4, -0.2) is 53.8 Å². The van der Waals surface area contributed by atoms with Gasteiger partial charge in [0.05, 0.1) is 30.3 Å². The first-order valence-corrected chi connectivity index (χ1v) is 9.46. The number of aromatic nitrogens is 2. The fraction of sp³-hybridized carbons (Fsp3) is 0.273. The zero-order chi connectivity index (χ0) is 19.5. The lowest BCUT2D eigenvalue weighted by atomic mass is 10.1. The summed E-state index contributed by atoms with van der Waals surface area (Å²) in [5.74, 6) is 0.871. The fourth-order valence-electron chi connectivity index (χ4n) is 3.80. The number of H-pyrrole nitrogens is 1. The highest BCUT2D eigenvalue weighted by Crippen LogP contribution is 2.30. The third-order valence-electron chi connectivity index (χ3n) is 5.25. The molecule has 2 aromatic carbocycles. The quantitative estimate of drug-likeness (QED) is 0.758. The first-order chi connectivity index (χ1) is 13.7. The Labute approximate surface area is 164 Å². The summed E-state index contributed by atoms with van der Waals surface area (Å²) in [7, 11) is 1.69. The van der Waals surface area contributed by atoms with Gasteiger partial charge in [0.2, 0.25) is 0 Å². The number of hydrogen-bond acceptors (Lipinski definition) is 4. The van der Waals surface area contributed by atoms with Crippen molar-refractivity contribution in [1.82, 2.24) is 15.1 Å². The molecule has 0 spiro atoms. The number of piperazine rings is 1. The topological polar surface area (TPSA) is 61.5 Å². The van der Waals surface area contributed by atoms with Crippen molar-refractivity contribution in [3.05, 3.63) is 66.4 Å². The van der Waals surface area contributed by atoms with E-state index < -0.39 is 0 Å². The second-order valence-corrected chi connectivity index (χ2v) is 6.99. The molecule has 3 aromatic rings. The summed E-state index contributed by atoms with van der Waals surface area (Å²) in [6.45, 7) is 4.25. The number of methoxy groups -OCH3 is 1. The maximum absolute atomic E-state index is 13.3. The maximum atomic E-state index is 13.3. The van der Waals surface area contributed by atoms with Crippen molar-refractivity contribution < 1.29 is 9.53 Å². The molecule has 1 aromatic heterocycles. The average Bonchev–Trinajstić information content (AvgIpc) is 3.24. The van der Waals surface area contributed by atoms with E-state index in [-0.39, 0.29) is 11.9 Å². The van der Waals surface area contributed by atoms with Crippen LogP contribution in [-0.2, 0) is 0 Å². The monoisotopic (exact) mass is 376 g/mol. The van der Waals surface area contributed by atoms with Gasteiger partial charge in [-0.05, 0) is 19.1 Å². The number of nitrogens with one attached hydrogen (secondary N) is 1. The van der Waals surface area contributed by atoms with Crippen LogP contribution >= 0.6 is 0 Å². The van der Waals surface area contributed by atoms with Gasteiger partial charge >= 0.3 is 0 Å². The molecule has 1 N–H and O–H groups in total. The number of nitrogens with zero attached hydrogens (tertiary/aromatic N) is 3. The van der Waals surface area contributed by atoms with E-state index in [1.54, 1.807) is 13.3 Å². The summed E-state index contributed by atoms with van der Waals surface area (Å²) in [5, 5.41) is 7.11. The van der Waals surface area contributed by atoms with E-state index in [1.165, 1.54) is 0 Å². The Morgan fingerprint density at radius 3 is 2.61 bits per heavy atom. The standard InChI is InChI=1S/C22H24N4O2/c1-16-15-25(19-10-6-7-11-20(19)28-2)12-13-26(16)22(27)18-14-23-24-21(18)17-8-4-3-5-9-17/h3-11,14,16H,12-13,15H2,1-2H3,(H,23,24). The predicted octanol–water partition coefficient (Wildman–Crippen LogP) is 3.44. The van der Waals surface area contributed by atoms with Crippen molar-refractivity contribution in [1.29, 1.82) is 0 Å². The summed E-state index contributed by atoms with van der Waals surface area (Å²) >= 11 is 0. The molecule has 0 aliphatic carbocycles. The average molecular weight is 376 g/mol. The number of ether oxygens (including phenoxy) is 1. The van der Waals surface area contributed by atoms with Gasteiger partial charge in [-0.15, -0.1) is 0 Å². The van der Waals surface area contributed by atoms with Crippen molar-refractivity contribution >= 4 is 11.6 Å². The molecule has 6 heteroatoms. The highest BCUT2D eigenvalue weighted by Gasteiger charge is 2.31. The first-order valence-electron chi connectivity index (χ1n) is 9.46. The molecule has 144 valence electrons. The number of hydrogen-bond donors (Lipinski definition) is 1. The first kappa shape index (κ1) is 18.1. The van der Waals surface area contributed by atoms with E-state index in [4.69, 9.17) is 4.74 Å². The maximum Gasteiger partial charge on any atom is 0.258 e. The van der Waals surface area contributed by atoms with Gasteiger partial charge in [0.25, 0.3) is 5.91 Å². The van der Waals surface area contributed by atoms with E-state index in [1.807, 2.05) is 53.4 Å². The summed E-state index contributed by atoms with van der Waals surface area (Å²) in [6, 6.07) is 17.9. The molecule has 6 nitrogen and oxygen atoms in total. The van der Waals surface area contributed by atoms with Crippen LogP contribution in [0.15, 0.2) is 60.8 Å². The zero-order valence-electron chi connectivity index (χ0n) is 16.1. The number of aromatic amines is 1. The van der Waals surface area contributed by atoms with E-state index in [0.29, 0.717) is 12.1 Å². The molecule has 28 heavy (non-hydrogen) atoms. The number of rotatable bonds is 4. The van der Waals surface area contributed by atoms with Gasteiger partial charge < -0.3 is 14.5 Å². The van der Waals surface area contributed by atoms with Crippen LogP contribution in [0.2, 0.25) is 0 Å². The van der Waals surface area contributed by atoms with Crippen molar-refractivity contribution in [2.24, 2.45) is 0 Å². The van der Waals surface area contributed by atoms with Crippen LogP contribution in [0, 0.1) is 0 Å². The van der Waals surface area contributed by atoms with E-state index in [9.17, 15) is 4.79 Å². The largest absolute Gasteiger partial charge is 0.495 e. The van der Waals surface area contributed by atoms with Crippen LogP contribution in [0.4, 0.5) is 5.69 Å². The van der Waals surface area contributed by atoms with Crippen molar-refractivity contribution in [2.45, 2.75) is 13.0 Å². The molecule has 1 amide bonds. The molecule has 1 unspecified atom stereocenters. The van der Waals surface area contributed by atoms with Crippen molar-refractivity contribution in [3.8, 4) is 17.0 Å². The minimum Gasteiger partial charge on any atom is -0.495 e. The van der Waals surface area contributed by atoms with Crippen LogP contribution in [0.5, 0.6) is 5.75 Å². The third kappa shape index (κ3) is 3.33. The van der Waals surface area contributed by atoms with Gasteiger partial charge in [0.15, 0.2) is 0 Å². The molecule has 2 heterocycles. The third-order valence-corrected chi connectivity index (χ3v) is 5.25. The molecule has 0 radical (unpaired) electrons. The Bertz CT molecular complexity index is 954. The SMILES string of the molecule is COc1ccccc1N1CCN(C(=O)c2cn[nH]c2-c2ccccc2)C(C)C1. The number of amides is 1. The summed E-state index contributed by atoms with van der Waals surface area (Å²) in [5.41, 5.74) is 3.41. The summed E-state index contributed by atoms with van der Waals surface area (Å²) < 4.78 is 5.50. The molecule has 1 aliphatic heterocycles. The van der Waals surface area contributed by atoms with E-state index >= 15 is 0 Å². The lowest BCUT2D eigenvalue weighted by molar-refractivity contribution is 0.0675. The van der Waals surface area contributed by atoms with Crippen molar-refractivity contribution in [2.75, 3.05) is 31.6 Å². The molecule has 1 fully saturated rings. The Hall–Kier alpha value is -3.28. The smallest absolute Gasteiger partial charge is 0.258 e. The number of anilines is 1. The molecule has 0 bridgehead atoms. The normalized spacial score (nSPS) is 16.9. The van der Waals surface area contributed by atoms with Crippen molar-refractivity contribution in [3.63, 3.8) is 0 Å². The Morgan fingerprint density at radius 1 is 1.11 bits per heavy atom. The minimum absolute atomic E-state index is 0.0137. The van der Waals surface area contributed by atoms with Gasteiger partial charge in [-0.25, -0.2) is 0 Å². The van der Waals surface area contributed by atoms with Crippen LogP contribution in [0.25, 0.3) is 11.3 Å². The lowest BCUT2D eigenvalue weighted by Crippen LogP contribution is -2.54. The summed E-state index contributed by atoms with van der Waals surface area (Å²) in [6.07, 6.45) is 1.63. The van der Waals surface area contributed by atoms with Gasteiger partial charge in [0, 0.05) is 31.2 Å². The Balaban J connectivity index is 1.53. The van der Waals surface area contributed by atoms with Gasteiger partial charge in [-0.3, -0.25) is 9.89 Å². The molecular formula is C22H24N4O2. The lowest BCUT2D eigenvalue weighted by Gasteiger charge is -2.41. The number of benzene rings is 2. The molecule has 4 rings (SSSR count). The minimum atomic E-state index is 0.0137. The Morgan fingerprint density at radius 2 is 1.86 bits per heavy atom. The molecule has 1 saturated heterocycles. The summed E-state index contributed by atoms with van der Waals surface area (Å²) in [4.78, 5) is 17.5. The molecule has 1 aliphatic rings. The zero-order valence-corrected chi connectivity index (χ0v) is 16.1. The van der Waals surface area contributed by atoms with Gasteiger partial charge in [0.1, 0.15) is 5.75 Å². The van der Waals surface area contributed by atoms with Crippen LogP contribution in [0.3, 0.4) is 0 Å². The Kier molecular flexibility index (Phi) is 5.02. The van der Waals surface area contributed by atoms with E-state index in [2.05, 4.69) is 28.1 Å². The highest BCUT2D eigenvalue weighted by molar-refractivity contribution is 6.00. The highest BCUT2D eigenvalue weighted by atomic mass is 16.5. The van der Waals surface area contributed by atoms with E-state index in [0.717, 1.165) is 35.8 Å². The van der Waals surface area contributed by atoms with Crippen LogP contribution in [0.1, 0.15) is 17.3 Å². The van der Waals surface area contributed by atoms with Gasteiger partial charge in [-0.2, -0.15) is 5.10 Å². The number of carbonyl (C=O) groups excluding carboxylic acids is 1. The molecule has 0 saturated carbocycles. The fourth-order valence-corrected chi connectivity index (χ4v) is 3.80. The number of carbonyl (C=O) groups is 1. The van der Waals surface area contributed by atoms with Gasteiger partial charge in [-0.1, -0.05) is 42.5 Å². The predicted molar refractivity (Wildman–Crippen MR) is 110 cm³/mol. The second-order valence-electron chi connectivity index (χ2n) is 6.99.